The van der Waals surface area contributed by atoms with Crippen LogP contribution in [0.4, 0.5) is 0 Å². The normalized spacial score (nSPS) is 27.6. The molecule has 0 aliphatic carbocycles. The maximum atomic E-state index is 9.86. The number of ether oxygens (including phenoxy) is 6. The molecule has 7 nitrogen and oxygen atoms in total. The van der Waals surface area contributed by atoms with Crippen molar-refractivity contribution in [1.29, 1.82) is 0 Å². The van der Waals surface area contributed by atoms with Crippen molar-refractivity contribution in [2.24, 2.45) is 11.8 Å². The van der Waals surface area contributed by atoms with Gasteiger partial charge in [0, 0.05) is 17.4 Å². The van der Waals surface area contributed by atoms with E-state index in [4.69, 9.17) is 28.4 Å². The number of methoxy groups -OCH3 is 2. The largest absolute Gasteiger partial charge is 0.504 e. The predicted molar refractivity (Wildman–Crippen MR) is 98.1 cm³/mol. The van der Waals surface area contributed by atoms with E-state index in [0.717, 1.165) is 11.1 Å². The Labute approximate surface area is 162 Å². The number of phenolic OH excluding ortho intramolecular Hbond substituents is 1. The lowest BCUT2D eigenvalue weighted by Crippen LogP contribution is -2.15. The van der Waals surface area contributed by atoms with Crippen LogP contribution in [0, 0.1) is 11.8 Å². The average molecular weight is 386 g/mol. The fourth-order valence-electron chi connectivity index (χ4n) is 4.48. The summed E-state index contributed by atoms with van der Waals surface area (Å²) in [6, 6.07) is 9.22. The number of hydrogen-bond acceptors (Lipinski definition) is 7. The molecule has 7 heteroatoms. The van der Waals surface area contributed by atoms with Gasteiger partial charge in [-0.05, 0) is 29.8 Å². The molecule has 148 valence electrons. The molecule has 0 bridgehead atoms. The van der Waals surface area contributed by atoms with E-state index in [1.165, 1.54) is 7.11 Å². The number of rotatable bonds is 4. The molecule has 3 heterocycles. The smallest absolute Gasteiger partial charge is 0.231 e. The molecule has 5 rings (SSSR count). The highest BCUT2D eigenvalue weighted by atomic mass is 16.7. The van der Waals surface area contributed by atoms with Crippen LogP contribution in [0.25, 0.3) is 0 Å². The standard InChI is InChI=1S/C21H22O7/c1-23-17-7-11(3-5-15(17)22)18-13-8-26-19(14(13)9-25-18)12-4-6-16-21(20(12)24-2)28-10-27-16/h3-7,13-14,18-19,22H,8-10H2,1-2H3/t13-,14-,18+,19+/m0/s1. The molecule has 2 aromatic carbocycles. The van der Waals surface area contributed by atoms with Crippen LogP contribution in [-0.4, -0.2) is 39.3 Å². The molecular weight excluding hydrogens is 364 g/mol. The Bertz CT molecular complexity index is 897. The molecule has 0 unspecified atom stereocenters. The second-order valence-corrected chi connectivity index (χ2v) is 7.19. The topological polar surface area (TPSA) is 75.6 Å². The Hall–Kier alpha value is -2.64. The summed E-state index contributed by atoms with van der Waals surface area (Å²) in [5.41, 5.74) is 1.93. The van der Waals surface area contributed by atoms with Crippen molar-refractivity contribution in [3.8, 4) is 28.7 Å². The number of hydrogen-bond donors (Lipinski definition) is 1. The molecule has 3 aliphatic heterocycles. The van der Waals surface area contributed by atoms with E-state index >= 15 is 0 Å². The first kappa shape index (κ1) is 17.5. The molecule has 3 aliphatic rings. The molecule has 0 saturated carbocycles. The molecule has 28 heavy (non-hydrogen) atoms. The first-order chi connectivity index (χ1) is 13.7. The van der Waals surface area contributed by atoms with Crippen LogP contribution in [0.1, 0.15) is 23.3 Å². The van der Waals surface area contributed by atoms with E-state index in [1.54, 1.807) is 13.2 Å². The second kappa shape index (κ2) is 6.76. The summed E-state index contributed by atoms with van der Waals surface area (Å²) in [6.45, 7) is 1.36. The lowest BCUT2D eigenvalue weighted by atomic mass is 9.84. The van der Waals surface area contributed by atoms with Crippen molar-refractivity contribution < 1.29 is 33.5 Å². The maximum absolute atomic E-state index is 9.86. The second-order valence-electron chi connectivity index (χ2n) is 7.19. The number of aromatic hydroxyl groups is 1. The quantitative estimate of drug-likeness (QED) is 0.865. The number of fused-ring (bicyclic) bond motifs is 2. The van der Waals surface area contributed by atoms with E-state index in [0.29, 0.717) is 36.2 Å². The van der Waals surface area contributed by atoms with E-state index < -0.39 is 0 Å². The van der Waals surface area contributed by atoms with Crippen molar-refractivity contribution in [2.75, 3.05) is 34.2 Å². The van der Waals surface area contributed by atoms with Crippen LogP contribution in [0.2, 0.25) is 0 Å². The molecule has 2 fully saturated rings. The fraction of sp³-hybridized carbons (Fsp3) is 0.429. The van der Waals surface area contributed by atoms with Crippen LogP contribution in [0.15, 0.2) is 30.3 Å². The van der Waals surface area contributed by atoms with Crippen LogP contribution >= 0.6 is 0 Å². The summed E-state index contributed by atoms with van der Waals surface area (Å²) in [5.74, 6) is 2.94. The van der Waals surface area contributed by atoms with Gasteiger partial charge in [-0.15, -0.1) is 0 Å². The minimum atomic E-state index is -0.140. The number of phenols is 1. The van der Waals surface area contributed by atoms with Crippen molar-refractivity contribution in [1.82, 2.24) is 0 Å². The van der Waals surface area contributed by atoms with Crippen LogP contribution in [0.3, 0.4) is 0 Å². The van der Waals surface area contributed by atoms with Gasteiger partial charge in [0.15, 0.2) is 23.0 Å². The third-order valence-electron chi connectivity index (χ3n) is 5.83. The van der Waals surface area contributed by atoms with E-state index in [2.05, 4.69) is 0 Å². The van der Waals surface area contributed by atoms with Gasteiger partial charge in [0.2, 0.25) is 12.5 Å². The SMILES string of the molecule is COc1cc([C@H]2OC[C@H]3[C@@H]2CO[C@@H]3c2ccc3c(c2OC)OCO3)ccc1O. The van der Waals surface area contributed by atoms with Crippen LogP contribution in [0.5, 0.6) is 28.7 Å². The molecule has 0 aromatic heterocycles. The van der Waals surface area contributed by atoms with Gasteiger partial charge in [-0.1, -0.05) is 6.07 Å². The lowest BCUT2D eigenvalue weighted by molar-refractivity contribution is 0.0184. The van der Waals surface area contributed by atoms with Gasteiger partial charge in [0.05, 0.1) is 39.6 Å². The molecule has 0 amide bonds. The molecule has 1 N–H and O–H groups in total. The summed E-state index contributed by atoms with van der Waals surface area (Å²) in [7, 11) is 3.17. The highest BCUT2D eigenvalue weighted by molar-refractivity contribution is 5.58. The minimum Gasteiger partial charge on any atom is -0.504 e. The fourth-order valence-corrected chi connectivity index (χ4v) is 4.48. The third kappa shape index (κ3) is 2.57. The van der Waals surface area contributed by atoms with Crippen molar-refractivity contribution >= 4 is 0 Å². The monoisotopic (exact) mass is 386 g/mol. The molecule has 0 radical (unpaired) electrons. The summed E-state index contributed by atoms with van der Waals surface area (Å²) in [5, 5.41) is 9.86. The molecule has 2 saturated heterocycles. The van der Waals surface area contributed by atoms with Gasteiger partial charge >= 0.3 is 0 Å². The highest BCUT2D eigenvalue weighted by Gasteiger charge is 2.49. The molecular formula is C21H22O7. The Morgan fingerprint density at radius 3 is 2.50 bits per heavy atom. The van der Waals surface area contributed by atoms with E-state index in [-0.39, 0.29) is 36.6 Å². The van der Waals surface area contributed by atoms with Crippen molar-refractivity contribution in [2.45, 2.75) is 12.2 Å². The zero-order chi connectivity index (χ0) is 19.3. The first-order valence-corrected chi connectivity index (χ1v) is 9.28. The third-order valence-corrected chi connectivity index (χ3v) is 5.83. The molecule has 2 aromatic rings. The number of benzene rings is 2. The minimum absolute atomic E-state index is 0.107. The summed E-state index contributed by atoms with van der Waals surface area (Å²) < 4.78 is 34.3. The van der Waals surface area contributed by atoms with Gasteiger partial charge in [-0.3, -0.25) is 0 Å². The lowest BCUT2D eigenvalue weighted by Gasteiger charge is -2.20. The van der Waals surface area contributed by atoms with Gasteiger partial charge in [0.1, 0.15) is 0 Å². The predicted octanol–water partition coefficient (Wildman–Crippen LogP) is 3.21. The Morgan fingerprint density at radius 1 is 0.929 bits per heavy atom. The Kier molecular flexibility index (Phi) is 4.21. The van der Waals surface area contributed by atoms with E-state index in [9.17, 15) is 5.11 Å². The Morgan fingerprint density at radius 2 is 1.71 bits per heavy atom. The summed E-state index contributed by atoms with van der Waals surface area (Å²) in [6.07, 6.45) is -0.247. The van der Waals surface area contributed by atoms with Gasteiger partial charge in [-0.2, -0.15) is 0 Å². The molecule has 0 spiro atoms. The Balaban J connectivity index is 1.44. The zero-order valence-corrected chi connectivity index (χ0v) is 15.7. The van der Waals surface area contributed by atoms with Gasteiger partial charge in [0.25, 0.3) is 0 Å². The first-order valence-electron chi connectivity index (χ1n) is 9.28. The maximum Gasteiger partial charge on any atom is 0.231 e. The highest BCUT2D eigenvalue weighted by Crippen LogP contribution is 2.54. The zero-order valence-electron chi connectivity index (χ0n) is 15.7. The van der Waals surface area contributed by atoms with Crippen LogP contribution < -0.4 is 18.9 Å². The van der Waals surface area contributed by atoms with E-state index in [1.807, 2.05) is 24.3 Å². The van der Waals surface area contributed by atoms with Gasteiger partial charge < -0.3 is 33.5 Å². The summed E-state index contributed by atoms with van der Waals surface area (Å²) in [4.78, 5) is 0. The van der Waals surface area contributed by atoms with Crippen LogP contribution in [-0.2, 0) is 9.47 Å². The average Bonchev–Trinajstić information content (AvgIpc) is 3.43. The van der Waals surface area contributed by atoms with Crippen molar-refractivity contribution in [3.05, 3.63) is 41.5 Å². The van der Waals surface area contributed by atoms with Gasteiger partial charge in [-0.25, -0.2) is 0 Å². The van der Waals surface area contributed by atoms with Crippen molar-refractivity contribution in [3.63, 3.8) is 0 Å². The molecule has 4 atom stereocenters. The summed E-state index contributed by atoms with van der Waals surface area (Å²) >= 11 is 0.